The monoisotopic (exact) mass is 239 g/mol. The molecule has 0 aromatic carbocycles. The van der Waals surface area contributed by atoms with Gasteiger partial charge in [-0.3, -0.25) is 0 Å². The van der Waals surface area contributed by atoms with Gasteiger partial charge in [-0.05, 0) is 65.3 Å². The van der Waals surface area contributed by atoms with Crippen molar-refractivity contribution in [1.82, 2.24) is 15.1 Å². The van der Waals surface area contributed by atoms with E-state index in [0.29, 0.717) is 5.54 Å². The van der Waals surface area contributed by atoms with Crippen LogP contribution >= 0.6 is 0 Å². The lowest BCUT2D eigenvalue weighted by Crippen LogP contribution is -2.57. The van der Waals surface area contributed by atoms with Crippen LogP contribution in [0.3, 0.4) is 0 Å². The molecule has 2 aliphatic rings. The second kappa shape index (κ2) is 5.68. The fraction of sp³-hybridized carbons (Fsp3) is 1.00. The van der Waals surface area contributed by atoms with Gasteiger partial charge in [0.1, 0.15) is 0 Å². The Hall–Kier alpha value is -0.120. The van der Waals surface area contributed by atoms with Crippen LogP contribution in [0.5, 0.6) is 0 Å². The van der Waals surface area contributed by atoms with Crippen LogP contribution in [-0.2, 0) is 0 Å². The molecular formula is C14H29N3. The van der Waals surface area contributed by atoms with Crippen LogP contribution in [-0.4, -0.2) is 62.2 Å². The zero-order valence-corrected chi connectivity index (χ0v) is 11.8. The van der Waals surface area contributed by atoms with Crippen molar-refractivity contribution >= 4 is 0 Å². The predicted octanol–water partition coefficient (Wildman–Crippen LogP) is 1.40. The second-order valence-corrected chi connectivity index (χ2v) is 6.17. The molecule has 3 heteroatoms. The third-order valence-corrected chi connectivity index (χ3v) is 4.80. The Bertz CT molecular complexity index is 236. The Balaban J connectivity index is 1.77. The van der Waals surface area contributed by atoms with Crippen LogP contribution in [0.2, 0.25) is 0 Å². The minimum absolute atomic E-state index is 0.507. The minimum Gasteiger partial charge on any atom is -0.317 e. The topological polar surface area (TPSA) is 18.5 Å². The maximum absolute atomic E-state index is 3.49. The summed E-state index contributed by atoms with van der Waals surface area (Å²) in [6.45, 7) is 8.43. The average Bonchev–Trinajstić information content (AvgIpc) is 2.67. The van der Waals surface area contributed by atoms with Gasteiger partial charge in [0.15, 0.2) is 0 Å². The fourth-order valence-electron chi connectivity index (χ4n) is 3.32. The van der Waals surface area contributed by atoms with Gasteiger partial charge in [0.25, 0.3) is 0 Å². The zero-order chi connectivity index (χ0) is 12.3. The van der Waals surface area contributed by atoms with Crippen molar-refractivity contribution < 1.29 is 0 Å². The first-order valence-corrected chi connectivity index (χ1v) is 7.27. The average molecular weight is 239 g/mol. The number of nitrogens with zero attached hydrogens (tertiary/aromatic N) is 2. The van der Waals surface area contributed by atoms with E-state index in [0.717, 1.165) is 12.5 Å². The summed E-state index contributed by atoms with van der Waals surface area (Å²) in [7, 11) is 4.51. The highest BCUT2D eigenvalue weighted by Crippen LogP contribution is 2.37. The van der Waals surface area contributed by atoms with Crippen molar-refractivity contribution in [1.29, 1.82) is 0 Å². The summed E-state index contributed by atoms with van der Waals surface area (Å²) in [5.74, 6) is 0.884. The van der Waals surface area contributed by atoms with Gasteiger partial charge < -0.3 is 15.1 Å². The van der Waals surface area contributed by atoms with Gasteiger partial charge >= 0.3 is 0 Å². The van der Waals surface area contributed by atoms with E-state index in [1.54, 1.807) is 0 Å². The fourth-order valence-corrected chi connectivity index (χ4v) is 3.32. The molecule has 17 heavy (non-hydrogen) atoms. The van der Waals surface area contributed by atoms with Crippen molar-refractivity contribution in [3.8, 4) is 0 Å². The van der Waals surface area contributed by atoms with Crippen molar-refractivity contribution in [2.45, 2.75) is 38.1 Å². The maximum Gasteiger partial charge on any atom is 0.0330 e. The van der Waals surface area contributed by atoms with E-state index in [2.05, 4.69) is 36.1 Å². The molecule has 0 radical (unpaired) electrons. The van der Waals surface area contributed by atoms with E-state index in [4.69, 9.17) is 0 Å². The number of hydrogen-bond donors (Lipinski definition) is 1. The van der Waals surface area contributed by atoms with Gasteiger partial charge in [-0.15, -0.1) is 0 Å². The number of likely N-dealkylation sites (N-methyl/N-ethyl adjacent to an activating group) is 1. The highest BCUT2D eigenvalue weighted by molar-refractivity contribution is 4.99. The molecular weight excluding hydrogens is 210 g/mol. The number of rotatable bonds is 6. The van der Waals surface area contributed by atoms with E-state index >= 15 is 0 Å². The van der Waals surface area contributed by atoms with E-state index in [1.165, 1.54) is 51.9 Å². The molecule has 1 N–H and O–H groups in total. The minimum atomic E-state index is 0.507. The summed E-state index contributed by atoms with van der Waals surface area (Å²) in [4.78, 5) is 5.16. The Morgan fingerprint density at radius 1 is 1.35 bits per heavy atom. The molecule has 0 aromatic rings. The van der Waals surface area contributed by atoms with Crippen molar-refractivity contribution in [2.24, 2.45) is 5.92 Å². The third kappa shape index (κ3) is 3.01. The summed E-state index contributed by atoms with van der Waals surface area (Å²) in [6.07, 6.45) is 5.60. The Labute approximate surface area is 107 Å². The molecule has 1 aliphatic heterocycles. The smallest absolute Gasteiger partial charge is 0.0330 e. The predicted molar refractivity (Wildman–Crippen MR) is 73.4 cm³/mol. The lowest BCUT2D eigenvalue weighted by molar-refractivity contribution is 0.0263. The highest BCUT2D eigenvalue weighted by atomic mass is 15.2. The maximum atomic E-state index is 3.49. The van der Waals surface area contributed by atoms with Crippen molar-refractivity contribution in [2.75, 3.05) is 46.8 Å². The van der Waals surface area contributed by atoms with Crippen LogP contribution in [0.1, 0.15) is 32.6 Å². The summed E-state index contributed by atoms with van der Waals surface area (Å²) in [5, 5.41) is 3.49. The van der Waals surface area contributed by atoms with Crippen LogP contribution in [0.25, 0.3) is 0 Å². The summed E-state index contributed by atoms with van der Waals surface area (Å²) < 4.78 is 0. The van der Waals surface area contributed by atoms with E-state index in [-0.39, 0.29) is 0 Å². The van der Waals surface area contributed by atoms with Gasteiger partial charge in [-0.2, -0.15) is 0 Å². The van der Waals surface area contributed by atoms with Gasteiger partial charge in [-0.1, -0.05) is 6.92 Å². The molecule has 1 heterocycles. The Morgan fingerprint density at radius 3 is 2.65 bits per heavy atom. The van der Waals surface area contributed by atoms with E-state index < -0.39 is 0 Å². The molecule has 0 spiro atoms. The SMILES string of the molecule is CCNCC1CCN(CC2(N(C)C)CCC2)C1. The van der Waals surface area contributed by atoms with Crippen LogP contribution in [0.15, 0.2) is 0 Å². The van der Waals surface area contributed by atoms with Crippen LogP contribution in [0, 0.1) is 5.92 Å². The first-order valence-electron chi connectivity index (χ1n) is 7.27. The number of likely N-dealkylation sites (tertiary alicyclic amines) is 1. The number of hydrogen-bond acceptors (Lipinski definition) is 3. The molecule has 1 aliphatic carbocycles. The molecule has 100 valence electrons. The van der Waals surface area contributed by atoms with Gasteiger partial charge in [0.2, 0.25) is 0 Å². The third-order valence-electron chi connectivity index (χ3n) is 4.80. The zero-order valence-electron chi connectivity index (χ0n) is 11.8. The Morgan fingerprint density at radius 2 is 2.12 bits per heavy atom. The highest BCUT2D eigenvalue weighted by Gasteiger charge is 2.41. The van der Waals surface area contributed by atoms with Crippen LogP contribution in [0.4, 0.5) is 0 Å². The second-order valence-electron chi connectivity index (χ2n) is 6.17. The van der Waals surface area contributed by atoms with Crippen molar-refractivity contribution in [3.63, 3.8) is 0 Å². The number of nitrogens with one attached hydrogen (secondary N) is 1. The summed E-state index contributed by atoms with van der Waals surface area (Å²) in [5.41, 5.74) is 0.507. The normalized spacial score (nSPS) is 28.6. The largest absolute Gasteiger partial charge is 0.317 e. The lowest BCUT2D eigenvalue weighted by atomic mass is 9.75. The molecule has 0 bridgehead atoms. The molecule has 1 atom stereocenters. The van der Waals surface area contributed by atoms with E-state index in [1.807, 2.05) is 0 Å². The first kappa shape index (κ1) is 13.3. The molecule has 1 unspecified atom stereocenters. The van der Waals surface area contributed by atoms with Crippen LogP contribution < -0.4 is 5.32 Å². The first-order chi connectivity index (χ1) is 8.16. The Kier molecular flexibility index (Phi) is 4.45. The molecule has 1 saturated heterocycles. The van der Waals surface area contributed by atoms with Gasteiger partial charge in [0.05, 0.1) is 0 Å². The molecule has 1 saturated carbocycles. The van der Waals surface area contributed by atoms with E-state index in [9.17, 15) is 0 Å². The quantitative estimate of drug-likeness (QED) is 0.756. The van der Waals surface area contributed by atoms with Crippen molar-refractivity contribution in [3.05, 3.63) is 0 Å². The summed E-state index contributed by atoms with van der Waals surface area (Å²) in [6, 6.07) is 0. The van der Waals surface area contributed by atoms with Gasteiger partial charge in [-0.25, -0.2) is 0 Å². The van der Waals surface area contributed by atoms with Gasteiger partial charge in [0, 0.05) is 18.6 Å². The molecule has 2 fully saturated rings. The molecule has 0 aromatic heterocycles. The molecule has 2 rings (SSSR count). The summed E-state index contributed by atoms with van der Waals surface area (Å²) >= 11 is 0. The standard InChI is InChI=1S/C14H29N3/c1-4-15-10-13-6-9-17(11-13)12-14(16(2)3)7-5-8-14/h13,15H,4-12H2,1-3H3. The molecule has 3 nitrogen and oxygen atoms in total. The molecule has 0 amide bonds. The lowest BCUT2D eigenvalue weighted by Gasteiger charge is -2.49.